The Morgan fingerprint density at radius 2 is 1.64 bits per heavy atom. The third-order valence-electron chi connectivity index (χ3n) is 3.93. The van der Waals surface area contributed by atoms with Gasteiger partial charge in [-0.25, -0.2) is 4.79 Å². The van der Waals surface area contributed by atoms with E-state index in [4.69, 9.17) is 0 Å². The van der Waals surface area contributed by atoms with Crippen LogP contribution in [-0.2, 0) is 0 Å². The molecule has 1 saturated heterocycles. The van der Waals surface area contributed by atoms with Gasteiger partial charge in [-0.15, -0.1) is 0 Å². The Morgan fingerprint density at radius 3 is 2.18 bits per heavy atom. The minimum absolute atomic E-state index is 0.107. The van der Waals surface area contributed by atoms with Crippen LogP contribution in [0.3, 0.4) is 0 Å². The summed E-state index contributed by atoms with van der Waals surface area (Å²) in [6, 6.07) is 12.9. The molecule has 0 radical (unpaired) electrons. The second kappa shape index (κ2) is 5.30. The molecule has 1 fully saturated rings. The quantitative estimate of drug-likeness (QED) is 0.885. The first-order valence-electron chi connectivity index (χ1n) is 7.22. The second-order valence-corrected chi connectivity index (χ2v) is 5.78. The minimum atomic E-state index is -1.03. The number of hydrogen-bond donors (Lipinski definition) is 1. The smallest absolute Gasteiger partial charge is 0.335 e. The van der Waals surface area contributed by atoms with Gasteiger partial charge in [-0.3, -0.25) is 4.79 Å². The van der Waals surface area contributed by atoms with Crippen molar-refractivity contribution in [2.75, 3.05) is 6.54 Å². The summed E-state index contributed by atoms with van der Waals surface area (Å²) in [4.78, 5) is 25.4. The molecule has 0 spiro atoms. The zero-order chi connectivity index (χ0) is 15.9. The maximum Gasteiger partial charge on any atom is 0.335 e. The SMILES string of the molecule is Cc1ccc(-c2cc(C(=O)O)cc(C(=O)N3CC3C)c2)cc1. The van der Waals surface area contributed by atoms with Crippen molar-refractivity contribution >= 4 is 11.9 Å². The highest BCUT2D eigenvalue weighted by atomic mass is 16.4. The molecule has 1 heterocycles. The number of hydrogen-bond acceptors (Lipinski definition) is 2. The highest BCUT2D eigenvalue weighted by Crippen LogP contribution is 2.26. The van der Waals surface area contributed by atoms with Crippen molar-refractivity contribution in [1.29, 1.82) is 0 Å². The third-order valence-corrected chi connectivity index (χ3v) is 3.93. The second-order valence-electron chi connectivity index (χ2n) is 5.78. The Hall–Kier alpha value is -2.62. The van der Waals surface area contributed by atoms with E-state index in [1.54, 1.807) is 17.0 Å². The van der Waals surface area contributed by atoms with Gasteiger partial charge in [0.1, 0.15) is 0 Å². The molecule has 1 atom stereocenters. The first-order chi connectivity index (χ1) is 10.5. The molecule has 0 aliphatic carbocycles. The highest BCUT2D eigenvalue weighted by molar-refractivity contribution is 6.00. The fourth-order valence-corrected chi connectivity index (χ4v) is 2.47. The number of benzene rings is 2. The van der Waals surface area contributed by atoms with Crippen LogP contribution in [0.5, 0.6) is 0 Å². The van der Waals surface area contributed by atoms with Gasteiger partial charge in [0, 0.05) is 18.2 Å². The van der Waals surface area contributed by atoms with Crippen LogP contribution in [0.4, 0.5) is 0 Å². The van der Waals surface area contributed by atoms with Gasteiger partial charge in [-0.05, 0) is 43.2 Å². The fourth-order valence-electron chi connectivity index (χ4n) is 2.47. The molecule has 0 bridgehead atoms. The first kappa shape index (κ1) is 14.3. The molecule has 1 N–H and O–H groups in total. The van der Waals surface area contributed by atoms with Crippen LogP contribution in [0.15, 0.2) is 42.5 Å². The number of amides is 1. The Labute approximate surface area is 129 Å². The number of carboxylic acids is 1. The van der Waals surface area contributed by atoms with Crippen molar-refractivity contribution in [3.63, 3.8) is 0 Å². The third kappa shape index (κ3) is 2.72. The number of carbonyl (C=O) groups excluding carboxylic acids is 1. The van der Waals surface area contributed by atoms with E-state index in [1.807, 2.05) is 38.1 Å². The van der Waals surface area contributed by atoms with Crippen molar-refractivity contribution in [1.82, 2.24) is 4.90 Å². The molecular formula is C18H17NO3. The van der Waals surface area contributed by atoms with Crippen molar-refractivity contribution in [3.8, 4) is 11.1 Å². The Balaban J connectivity index is 2.05. The number of aryl methyl sites for hydroxylation is 1. The largest absolute Gasteiger partial charge is 0.478 e. The summed E-state index contributed by atoms with van der Waals surface area (Å²) < 4.78 is 0. The molecule has 4 heteroatoms. The van der Waals surface area contributed by atoms with Crippen LogP contribution in [0.1, 0.15) is 33.2 Å². The van der Waals surface area contributed by atoms with Gasteiger partial charge in [-0.1, -0.05) is 29.8 Å². The van der Waals surface area contributed by atoms with E-state index in [-0.39, 0.29) is 17.5 Å². The van der Waals surface area contributed by atoms with E-state index in [2.05, 4.69) is 0 Å². The van der Waals surface area contributed by atoms with Crippen molar-refractivity contribution in [2.24, 2.45) is 0 Å². The van der Waals surface area contributed by atoms with Crippen LogP contribution in [0.25, 0.3) is 11.1 Å². The molecular weight excluding hydrogens is 278 g/mol. The number of nitrogens with zero attached hydrogens (tertiary/aromatic N) is 1. The number of carboxylic acid groups (broad SMARTS) is 1. The molecule has 112 valence electrons. The monoisotopic (exact) mass is 295 g/mol. The average Bonchev–Trinajstić information content (AvgIpc) is 3.23. The number of aromatic carboxylic acids is 1. The lowest BCUT2D eigenvalue weighted by molar-refractivity contribution is 0.0697. The lowest BCUT2D eigenvalue weighted by Crippen LogP contribution is -2.14. The summed E-state index contributed by atoms with van der Waals surface area (Å²) in [5, 5.41) is 9.29. The molecule has 0 aromatic heterocycles. The molecule has 22 heavy (non-hydrogen) atoms. The van der Waals surface area contributed by atoms with Crippen LogP contribution >= 0.6 is 0 Å². The molecule has 1 aliphatic rings. The van der Waals surface area contributed by atoms with Gasteiger partial charge >= 0.3 is 5.97 Å². The van der Waals surface area contributed by atoms with Crippen molar-refractivity contribution in [3.05, 3.63) is 59.2 Å². The summed E-state index contributed by atoms with van der Waals surface area (Å²) in [6.07, 6.45) is 0. The van der Waals surface area contributed by atoms with Gasteiger partial charge in [0.05, 0.1) is 5.56 Å². The molecule has 1 unspecified atom stereocenters. The van der Waals surface area contributed by atoms with E-state index in [9.17, 15) is 14.7 Å². The Morgan fingerprint density at radius 1 is 1.05 bits per heavy atom. The van der Waals surface area contributed by atoms with Gasteiger partial charge in [0.25, 0.3) is 5.91 Å². The van der Waals surface area contributed by atoms with E-state index in [0.717, 1.165) is 23.2 Å². The average molecular weight is 295 g/mol. The summed E-state index contributed by atoms with van der Waals surface area (Å²) in [6.45, 7) is 4.70. The highest BCUT2D eigenvalue weighted by Gasteiger charge is 2.35. The minimum Gasteiger partial charge on any atom is -0.478 e. The first-order valence-corrected chi connectivity index (χ1v) is 7.22. The number of carbonyl (C=O) groups is 2. The molecule has 2 aromatic carbocycles. The lowest BCUT2D eigenvalue weighted by atomic mass is 9.98. The normalized spacial score (nSPS) is 16.5. The molecule has 4 nitrogen and oxygen atoms in total. The predicted octanol–water partition coefficient (Wildman–Crippen LogP) is 3.20. The van der Waals surface area contributed by atoms with Gasteiger partial charge < -0.3 is 10.0 Å². The van der Waals surface area contributed by atoms with Gasteiger partial charge in [0.2, 0.25) is 0 Å². The molecule has 3 rings (SSSR count). The summed E-state index contributed by atoms with van der Waals surface area (Å²) in [5.41, 5.74) is 3.35. The summed E-state index contributed by atoms with van der Waals surface area (Å²) >= 11 is 0. The zero-order valence-corrected chi connectivity index (χ0v) is 12.5. The molecule has 0 saturated carbocycles. The van der Waals surface area contributed by atoms with Crippen LogP contribution in [0.2, 0.25) is 0 Å². The van der Waals surface area contributed by atoms with E-state index in [1.165, 1.54) is 6.07 Å². The number of rotatable bonds is 3. The van der Waals surface area contributed by atoms with Crippen LogP contribution < -0.4 is 0 Å². The topological polar surface area (TPSA) is 57.4 Å². The van der Waals surface area contributed by atoms with E-state index in [0.29, 0.717) is 5.56 Å². The predicted molar refractivity (Wildman–Crippen MR) is 84.1 cm³/mol. The zero-order valence-electron chi connectivity index (χ0n) is 12.5. The molecule has 1 aliphatic heterocycles. The molecule has 1 amide bonds. The standard InChI is InChI=1S/C18H17NO3/c1-11-3-5-13(6-4-11)14-7-15(9-16(8-14)18(21)22)17(20)19-10-12(19)2/h3-9,12H,10H2,1-2H3,(H,21,22). The van der Waals surface area contributed by atoms with Crippen molar-refractivity contribution in [2.45, 2.75) is 19.9 Å². The van der Waals surface area contributed by atoms with E-state index < -0.39 is 5.97 Å². The molecule has 2 aromatic rings. The van der Waals surface area contributed by atoms with E-state index >= 15 is 0 Å². The lowest BCUT2D eigenvalue weighted by Gasteiger charge is -2.09. The maximum absolute atomic E-state index is 12.4. The van der Waals surface area contributed by atoms with Gasteiger partial charge in [-0.2, -0.15) is 0 Å². The summed E-state index contributed by atoms with van der Waals surface area (Å²) in [7, 11) is 0. The van der Waals surface area contributed by atoms with Gasteiger partial charge in [0.15, 0.2) is 0 Å². The fraction of sp³-hybridized carbons (Fsp3) is 0.222. The maximum atomic E-state index is 12.4. The Bertz CT molecular complexity index is 749. The van der Waals surface area contributed by atoms with Crippen molar-refractivity contribution < 1.29 is 14.7 Å². The summed E-state index contributed by atoms with van der Waals surface area (Å²) in [5.74, 6) is -1.13. The van der Waals surface area contributed by atoms with Crippen LogP contribution in [0, 0.1) is 6.92 Å². The van der Waals surface area contributed by atoms with Crippen LogP contribution in [-0.4, -0.2) is 34.5 Å². The Kier molecular flexibility index (Phi) is 3.45.